The van der Waals surface area contributed by atoms with Crippen LogP contribution >= 0.6 is 11.3 Å². The second-order valence-electron chi connectivity index (χ2n) is 4.94. The smallest absolute Gasteiger partial charge is 0.308 e. The van der Waals surface area contributed by atoms with Gasteiger partial charge in [-0.3, -0.25) is 4.79 Å². The molecule has 0 radical (unpaired) electrons. The predicted molar refractivity (Wildman–Crippen MR) is 91.5 cm³/mol. The maximum absolute atomic E-state index is 10.8. The minimum absolute atomic E-state index is 0.0199. The van der Waals surface area contributed by atoms with E-state index >= 15 is 0 Å². The molecule has 2 aromatic rings. The second-order valence-corrected chi connectivity index (χ2v) is 6.03. The molecule has 5 nitrogen and oxygen atoms in total. The molecule has 0 unspecified atom stereocenters. The molecule has 1 aromatic heterocycles. The van der Waals surface area contributed by atoms with Crippen molar-refractivity contribution in [2.24, 2.45) is 0 Å². The summed E-state index contributed by atoms with van der Waals surface area (Å²) in [6.45, 7) is 8.07. The third-order valence-electron chi connectivity index (χ3n) is 3.45. The summed E-state index contributed by atoms with van der Waals surface area (Å²) in [4.78, 5) is 18.2. The molecule has 0 saturated carbocycles. The van der Waals surface area contributed by atoms with Crippen molar-refractivity contribution < 1.29 is 9.90 Å². The number of benzene rings is 1. The number of rotatable bonds is 7. The standard InChI is InChI=1S/C16H21N3O2S/c1-4-19(5-2)13-8-6-12(7-9-13)18-16-17-11(3)14(22-16)10-15(20)21/h6-9H,4-5,10H2,1-3H3,(H,17,18)(H,20,21). The number of aromatic nitrogens is 1. The molecule has 118 valence electrons. The molecular weight excluding hydrogens is 298 g/mol. The van der Waals surface area contributed by atoms with Crippen molar-refractivity contribution in [2.75, 3.05) is 23.3 Å². The van der Waals surface area contributed by atoms with Gasteiger partial charge >= 0.3 is 5.97 Å². The molecule has 1 aromatic carbocycles. The lowest BCUT2D eigenvalue weighted by Crippen LogP contribution is -2.21. The summed E-state index contributed by atoms with van der Waals surface area (Å²) in [5.41, 5.74) is 2.92. The lowest BCUT2D eigenvalue weighted by Gasteiger charge is -2.21. The molecule has 6 heteroatoms. The SMILES string of the molecule is CCN(CC)c1ccc(Nc2nc(C)c(CC(=O)O)s2)cc1. The van der Waals surface area contributed by atoms with Gasteiger partial charge in [-0.25, -0.2) is 4.98 Å². The van der Waals surface area contributed by atoms with Gasteiger partial charge in [0, 0.05) is 29.3 Å². The fourth-order valence-electron chi connectivity index (χ4n) is 2.25. The third kappa shape index (κ3) is 3.98. The van der Waals surface area contributed by atoms with E-state index in [2.05, 4.69) is 41.2 Å². The Morgan fingerprint density at radius 1 is 1.27 bits per heavy atom. The van der Waals surface area contributed by atoms with Crippen molar-refractivity contribution in [3.8, 4) is 0 Å². The number of hydrogen-bond donors (Lipinski definition) is 2. The van der Waals surface area contributed by atoms with Crippen LogP contribution in [0.4, 0.5) is 16.5 Å². The van der Waals surface area contributed by atoms with Gasteiger partial charge in [-0.2, -0.15) is 0 Å². The van der Waals surface area contributed by atoms with E-state index in [1.165, 1.54) is 17.0 Å². The van der Waals surface area contributed by atoms with Crippen molar-refractivity contribution in [3.05, 3.63) is 34.8 Å². The molecular formula is C16H21N3O2S. The van der Waals surface area contributed by atoms with E-state index in [-0.39, 0.29) is 6.42 Å². The second kappa shape index (κ2) is 7.26. The Bertz CT molecular complexity index is 633. The Balaban J connectivity index is 2.09. The molecule has 0 aliphatic heterocycles. The van der Waals surface area contributed by atoms with E-state index in [9.17, 15) is 4.79 Å². The minimum Gasteiger partial charge on any atom is -0.481 e. The Morgan fingerprint density at radius 2 is 1.91 bits per heavy atom. The Kier molecular flexibility index (Phi) is 5.38. The molecule has 0 atom stereocenters. The normalized spacial score (nSPS) is 10.5. The summed E-state index contributed by atoms with van der Waals surface area (Å²) in [6.07, 6.45) is 0.0199. The maximum Gasteiger partial charge on any atom is 0.308 e. The monoisotopic (exact) mass is 319 g/mol. The first-order chi connectivity index (χ1) is 10.5. The van der Waals surface area contributed by atoms with Gasteiger partial charge in [-0.05, 0) is 45.0 Å². The summed E-state index contributed by atoms with van der Waals surface area (Å²) in [7, 11) is 0. The minimum atomic E-state index is -0.832. The van der Waals surface area contributed by atoms with Crippen LogP contribution in [0.1, 0.15) is 24.4 Å². The molecule has 2 rings (SSSR count). The van der Waals surface area contributed by atoms with E-state index in [0.29, 0.717) is 0 Å². The van der Waals surface area contributed by atoms with Crippen molar-refractivity contribution >= 4 is 33.8 Å². The van der Waals surface area contributed by atoms with Crippen molar-refractivity contribution in [1.29, 1.82) is 0 Å². The fraction of sp³-hybridized carbons (Fsp3) is 0.375. The van der Waals surface area contributed by atoms with Gasteiger partial charge < -0.3 is 15.3 Å². The first kappa shape index (κ1) is 16.3. The van der Waals surface area contributed by atoms with Gasteiger partial charge in [-0.1, -0.05) is 0 Å². The van der Waals surface area contributed by atoms with Crippen LogP contribution in [0.15, 0.2) is 24.3 Å². The van der Waals surface area contributed by atoms with Crippen LogP contribution < -0.4 is 10.2 Å². The zero-order valence-electron chi connectivity index (χ0n) is 13.1. The molecule has 1 heterocycles. The Labute approximate surface area is 134 Å². The molecule has 0 aliphatic carbocycles. The number of nitrogens with zero attached hydrogens (tertiary/aromatic N) is 2. The first-order valence-electron chi connectivity index (χ1n) is 7.33. The quantitative estimate of drug-likeness (QED) is 0.815. The van der Waals surface area contributed by atoms with Gasteiger partial charge in [-0.15, -0.1) is 11.3 Å². The lowest BCUT2D eigenvalue weighted by atomic mass is 10.2. The van der Waals surface area contributed by atoms with Crippen LogP contribution in [0.5, 0.6) is 0 Å². The molecule has 0 spiro atoms. The van der Waals surface area contributed by atoms with Crippen LogP contribution in [0.25, 0.3) is 0 Å². The highest BCUT2D eigenvalue weighted by Gasteiger charge is 2.11. The van der Waals surface area contributed by atoms with Gasteiger partial charge in [0.15, 0.2) is 5.13 Å². The molecule has 2 N–H and O–H groups in total. The Hall–Kier alpha value is -2.08. The number of carboxylic acids is 1. The van der Waals surface area contributed by atoms with Gasteiger partial charge in [0.2, 0.25) is 0 Å². The highest BCUT2D eigenvalue weighted by atomic mass is 32.1. The number of anilines is 3. The van der Waals surface area contributed by atoms with E-state index < -0.39 is 5.97 Å². The van der Waals surface area contributed by atoms with Crippen LogP contribution in [0, 0.1) is 6.92 Å². The summed E-state index contributed by atoms with van der Waals surface area (Å²) in [5, 5.41) is 12.8. The van der Waals surface area contributed by atoms with E-state index in [0.717, 1.165) is 34.5 Å². The average molecular weight is 319 g/mol. The van der Waals surface area contributed by atoms with E-state index in [1.807, 2.05) is 19.1 Å². The highest BCUT2D eigenvalue weighted by molar-refractivity contribution is 7.15. The highest BCUT2D eigenvalue weighted by Crippen LogP contribution is 2.27. The molecule has 0 bridgehead atoms. The van der Waals surface area contributed by atoms with Crippen LogP contribution in [-0.2, 0) is 11.2 Å². The topological polar surface area (TPSA) is 65.5 Å². The number of nitrogens with one attached hydrogen (secondary N) is 1. The fourth-order valence-corrected chi connectivity index (χ4v) is 3.22. The van der Waals surface area contributed by atoms with Gasteiger partial charge in [0.1, 0.15) is 0 Å². The van der Waals surface area contributed by atoms with Crippen molar-refractivity contribution in [2.45, 2.75) is 27.2 Å². The summed E-state index contributed by atoms with van der Waals surface area (Å²) in [5.74, 6) is -0.832. The number of carboxylic acid groups (broad SMARTS) is 1. The van der Waals surface area contributed by atoms with Crippen molar-refractivity contribution in [1.82, 2.24) is 4.98 Å². The van der Waals surface area contributed by atoms with Crippen LogP contribution in [0.2, 0.25) is 0 Å². The average Bonchev–Trinajstić information content (AvgIpc) is 2.81. The predicted octanol–water partition coefficient (Wildman–Crippen LogP) is 3.67. The van der Waals surface area contributed by atoms with Gasteiger partial charge in [0.05, 0.1) is 12.1 Å². The number of carbonyl (C=O) groups is 1. The first-order valence-corrected chi connectivity index (χ1v) is 8.15. The summed E-state index contributed by atoms with van der Waals surface area (Å²) < 4.78 is 0. The Morgan fingerprint density at radius 3 is 2.45 bits per heavy atom. The van der Waals surface area contributed by atoms with E-state index in [1.54, 1.807) is 0 Å². The van der Waals surface area contributed by atoms with E-state index in [4.69, 9.17) is 5.11 Å². The van der Waals surface area contributed by atoms with Crippen LogP contribution in [0.3, 0.4) is 0 Å². The van der Waals surface area contributed by atoms with Crippen LogP contribution in [-0.4, -0.2) is 29.1 Å². The largest absolute Gasteiger partial charge is 0.481 e. The summed E-state index contributed by atoms with van der Waals surface area (Å²) in [6, 6.07) is 8.18. The number of thiazole rings is 1. The molecule has 0 saturated heterocycles. The van der Waals surface area contributed by atoms with Crippen molar-refractivity contribution in [3.63, 3.8) is 0 Å². The number of aliphatic carboxylic acids is 1. The zero-order valence-corrected chi connectivity index (χ0v) is 13.9. The maximum atomic E-state index is 10.8. The number of hydrogen-bond acceptors (Lipinski definition) is 5. The third-order valence-corrected chi connectivity index (χ3v) is 4.52. The molecule has 0 amide bonds. The molecule has 0 aliphatic rings. The molecule has 22 heavy (non-hydrogen) atoms. The summed E-state index contributed by atoms with van der Waals surface area (Å²) >= 11 is 1.39. The zero-order chi connectivity index (χ0) is 16.1. The lowest BCUT2D eigenvalue weighted by molar-refractivity contribution is -0.136. The molecule has 0 fully saturated rings. The number of aryl methyl sites for hydroxylation is 1. The van der Waals surface area contributed by atoms with Gasteiger partial charge in [0.25, 0.3) is 0 Å².